The molecule has 34 heavy (non-hydrogen) atoms. The molecule has 8 heteroatoms. The maximum Gasteiger partial charge on any atom is 0.234 e. The largest absolute Gasteiger partial charge is 0.323 e. The number of para-hydroxylation sites is 1. The van der Waals surface area contributed by atoms with Crippen LogP contribution in [0.3, 0.4) is 0 Å². The highest BCUT2D eigenvalue weighted by Crippen LogP contribution is 2.32. The Kier molecular flexibility index (Phi) is 7.34. The third-order valence-electron chi connectivity index (χ3n) is 5.27. The summed E-state index contributed by atoms with van der Waals surface area (Å²) in [6.07, 6.45) is 0. The molecule has 1 aromatic heterocycles. The second-order valence-electron chi connectivity index (χ2n) is 8.18. The van der Waals surface area contributed by atoms with Gasteiger partial charge in [0.05, 0.1) is 17.1 Å². The summed E-state index contributed by atoms with van der Waals surface area (Å²) in [5.41, 5.74) is 3.88. The molecule has 0 aliphatic rings. The number of thioether (sulfide) groups is 1. The lowest BCUT2D eigenvalue weighted by Crippen LogP contribution is -2.15. The second kappa shape index (κ2) is 10.4. The normalized spacial score (nSPS) is 11.1. The number of aromatic nitrogens is 3. The Bertz CT molecular complexity index is 1320. The maximum absolute atomic E-state index is 14.1. The highest BCUT2D eigenvalue weighted by Gasteiger charge is 2.20. The van der Waals surface area contributed by atoms with E-state index in [4.69, 9.17) is 11.6 Å². The first-order chi connectivity index (χ1) is 16.3. The van der Waals surface area contributed by atoms with Crippen LogP contribution >= 0.6 is 23.4 Å². The molecule has 4 aromatic rings. The van der Waals surface area contributed by atoms with Crippen LogP contribution in [-0.2, 0) is 4.79 Å². The summed E-state index contributed by atoms with van der Waals surface area (Å²) in [5, 5.41) is 12.7. The summed E-state index contributed by atoms with van der Waals surface area (Å²) >= 11 is 7.33. The highest BCUT2D eigenvalue weighted by atomic mass is 35.5. The SMILES string of the molecule is Cc1ccc(NC(=O)CSc2nnc(-c3ccc(Cl)cc3)n2-c2ccccc2C(C)C)c(F)c1. The third-order valence-corrected chi connectivity index (χ3v) is 6.45. The zero-order chi connectivity index (χ0) is 24.2. The number of nitrogens with zero attached hydrogens (tertiary/aromatic N) is 3. The molecule has 1 heterocycles. The lowest BCUT2D eigenvalue weighted by atomic mass is 10.0. The van der Waals surface area contributed by atoms with Crippen LogP contribution in [0.5, 0.6) is 0 Å². The van der Waals surface area contributed by atoms with E-state index in [1.165, 1.54) is 17.8 Å². The predicted octanol–water partition coefficient (Wildman–Crippen LogP) is 6.89. The lowest BCUT2D eigenvalue weighted by molar-refractivity contribution is -0.113. The predicted molar refractivity (Wildman–Crippen MR) is 136 cm³/mol. The molecule has 1 amide bonds. The first kappa shape index (κ1) is 24.0. The maximum atomic E-state index is 14.1. The fourth-order valence-corrected chi connectivity index (χ4v) is 4.45. The van der Waals surface area contributed by atoms with E-state index in [0.29, 0.717) is 16.0 Å². The fraction of sp³-hybridized carbons (Fsp3) is 0.192. The highest BCUT2D eigenvalue weighted by molar-refractivity contribution is 7.99. The van der Waals surface area contributed by atoms with Crippen LogP contribution in [-0.4, -0.2) is 26.4 Å². The van der Waals surface area contributed by atoms with Crippen LogP contribution in [0.4, 0.5) is 10.1 Å². The molecule has 4 rings (SSSR count). The van der Waals surface area contributed by atoms with E-state index in [1.54, 1.807) is 31.2 Å². The molecule has 1 N–H and O–H groups in total. The summed E-state index contributed by atoms with van der Waals surface area (Å²) in [7, 11) is 0. The Balaban J connectivity index is 1.66. The molecule has 5 nitrogen and oxygen atoms in total. The van der Waals surface area contributed by atoms with E-state index in [0.717, 1.165) is 22.4 Å². The quantitative estimate of drug-likeness (QED) is 0.284. The van der Waals surface area contributed by atoms with Crippen LogP contribution in [0.15, 0.2) is 71.9 Å². The van der Waals surface area contributed by atoms with Crippen molar-refractivity contribution in [3.63, 3.8) is 0 Å². The van der Waals surface area contributed by atoms with E-state index in [9.17, 15) is 9.18 Å². The molecular formula is C26H24ClFN4OS. The Morgan fingerprint density at radius 1 is 1.09 bits per heavy atom. The van der Waals surface area contributed by atoms with Gasteiger partial charge in [-0.3, -0.25) is 9.36 Å². The molecule has 0 aliphatic heterocycles. The van der Waals surface area contributed by atoms with Crippen molar-refractivity contribution >= 4 is 35.0 Å². The average molecular weight is 495 g/mol. The number of carbonyl (C=O) groups is 1. The Morgan fingerprint density at radius 3 is 2.53 bits per heavy atom. The second-order valence-corrected chi connectivity index (χ2v) is 9.56. The van der Waals surface area contributed by atoms with Crippen molar-refractivity contribution in [1.82, 2.24) is 14.8 Å². The van der Waals surface area contributed by atoms with Crippen molar-refractivity contribution in [2.75, 3.05) is 11.1 Å². The van der Waals surface area contributed by atoms with Gasteiger partial charge in [-0.2, -0.15) is 0 Å². The molecule has 0 saturated carbocycles. The van der Waals surface area contributed by atoms with Crippen molar-refractivity contribution in [2.24, 2.45) is 0 Å². The van der Waals surface area contributed by atoms with Gasteiger partial charge in [-0.25, -0.2) is 4.39 Å². The minimum atomic E-state index is -0.461. The van der Waals surface area contributed by atoms with Gasteiger partial charge in [0.25, 0.3) is 0 Å². The first-order valence-electron chi connectivity index (χ1n) is 10.8. The van der Waals surface area contributed by atoms with Crippen LogP contribution in [0.1, 0.15) is 30.9 Å². The number of amides is 1. The molecular weight excluding hydrogens is 471 g/mol. The van der Waals surface area contributed by atoms with Gasteiger partial charge in [-0.1, -0.05) is 61.5 Å². The average Bonchev–Trinajstić information content (AvgIpc) is 3.24. The van der Waals surface area contributed by atoms with Gasteiger partial charge in [-0.15, -0.1) is 10.2 Å². The molecule has 0 spiro atoms. The van der Waals surface area contributed by atoms with E-state index in [2.05, 4.69) is 35.4 Å². The van der Waals surface area contributed by atoms with Crippen LogP contribution in [0.25, 0.3) is 17.1 Å². The van der Waals surface area contributed by atoms with E-state index < -0.39 is 5.82 Å². The number of hydrogen-bond acceptors (Lipinski definition) is 4. The molecule has 0 radical (unpaired) electrons. The first-order valence-corrected chi connectivity index (χ1v) is 12.2. The number of nitrogens with one attached hydrogen (secondary N) is 1. The molecule has 0 aliphatic carbocycles. The van der Waals surface area contributed by atoms with Gasteiger partial charge in [-0.05, 0) is 66.4 Å². The zero-order valence-electron chi connectivity index (χ0n) is 19.0. The minimum absolute atomic E-state index is 0.0515. The van der Waals surface area contributed by atoms with E-state index in [1.807, 2.05) is 34.9 Å². The summed E-state index contributed by atoms with van der Waals surface area (Å²) < 4.78 is 16.1. The lowest BCUT2D eigenvalue weighted by Gasteiger charge is -2.17. The summed E-state index contributed by atoms with van der Waals surface area (Å²) in [6.45, 7) is 6.05. The van der Waals surface area contributed by atoms with E-state index in [-0.39, 0.29) is 23.3 Å². The molecule has 0 atom stereocenters. The summed E-state index contributed by atoms with van der Waals surface area (Å²) in [5.74, 6) is 0.181. The molecule has 0 unspecified atom stereocenters. The van der Waals surface area contributed by atoms with E-state index >= 15 is 0 Å². The van der Waals surface area contributed by atoms with Crippen LogP contribution < -0.4 is 5.32 Å². The topological polar surface area (TPSA) is 59.8 Å². The van der Waals surface area contributed by atoms with Gasteiger partial charge in [0.1, 0.15) is 5.82 Å². The number of anilines is 1. The monoisotopic (exact) mass is 494 g/mol. The Morgan fingerprint density at radius 2 is 1.82 bits per heavy atom. The number of aryl methyl sites for hydroxylation is 1. The number of hydrogen-bond donors (Lipinski definition) is 1. The van der Waals surface area contributed by atoms with Crippen LogP contribution in [0, 0.1) is 12.7 Å². The Labute approximate surface area is 207 Å². The molecule has 174 valence electrons. The van der Waals surface area contributed by atoms with Crippen molar-refractivity contribution in [3.8, 4) is 17.1 Å². The number of rotatable bonds is 7. The zero-order valence-corrected chi connectivity index (χ0v) is 20.6. The van der Waals surface area contributed by atoms with Gasteiger partial charge in [0, 0.05) is 10.6 Å². The standard InChI is InChI=1S/C26H24ClFN4OS/c1-16(2)20-6-4-5-7-23(20)32-25(18-9-11-19(27)12-10-18)30-31-26(32)34-15-24(33)29-22-13-8-17(3)14-21(22)28/h4-14,16H,15H2,1-3H3,(H,29,33). The van der Waals surface area contributed by atoms with Crippen molar-refractivity contribution in [2.45, 2.75) is 31.8 Å². The molecule has 0 saturated heterocycles. The number of carbonyl (C=O) groups excluding carboxylic acids is 1. The molecule has 3 aromatic carbocycles. The molecule has 0 bridgehead atoms. The summed E-state index contributed by atoms with van der Waals surface area (Å²) in [6, 6.07) is 20.2. The van der Waals surface area contributed by atoms with Crippen LogP contribution in [0.2, 0.25) is 5.02 Å². The van der Waals surface area contributed by atoms with Crippen molar-refractivity contribution < 1.29 is 9.18 Å². The van der Waals surface area contributed by atoms with Crippen molar-refractivity contribution in [3.05, 3.63) is 88.7 Å². The van der Waals surface area contributed by atoms with Gasteiger partial charge >= 0.3 is 0 Å². The number of halogens is 2. The minimum Gasteiger partial charge on any atom is -0.323 e. The Hall–Kier alpha value is -3.16. The summed E-state index contributed by atoms with van der Waals surface area (Å²) in [4.78, 5) is 12.6. The fourth-order valence-electron chi connectivity index (χ4n) is 3.58. The third kappa shape index (κ3) is 5.32. The van der Waals surface area contributed by atoms with Gasteiger partial charge < -0.3 is 5.32 Å². The smallest absolute Gasteiger partial charge is 0.234 e. The van der Waals surface area contributed by atoms with Gasteiger partial charge in [0.2, 0.25) is 5.91 Å². The van der Waals surface area contributed by atoms with Gasteiger partial charge in [0.15, 0.2) is 11.0 Å². The number of benzene rings is 3. The molecule has 0 fully saturated rings. The van der Waals surface area contributed by atoms with Crippen molar-refractivity contribution in [1.29, 1.82) is 0 Å².